The Labute approximate surface area is 194 Å². The number of benzene rings is 3. The number of nitrogens with one attached hydrogen (secondary N) is 1. The van der Waals surface area contributed by atoms with Gasteiger partial charge in [0.15, 0.2) is 0 Å². The first-order chi connectivity index (χ1) is 15.4. The first-order valence-electron chi connectivity index (χ1n) is 11.0. The molecule has 1 saturated heterocycles. The van der Waals surface area contributed by atoms with Crippen molar-refractivity contribution in [3.63, 3.8) is 0 Å². The van der Waals surface area contributed by atoms with E-state index in [4.69, 9.17) is 9.73 Å². The maximum absolute atomic E-state index is 9.55. The number of amidine groups is 1. The Kier molecular flexibility index (Phi) is 6.58. The number of aliphatic hydroxyl groups is 1. The van der Waals surface area contributed by atoms with Crippen LogP contribution in [0, 0.1) is 0 Å². The van der Waals surface area contributed by atoms with Gasteiger partial charge in [-0.15, -0.1) is 0 Å². The molecule has 1 aliphatic rings. The molecule has 1 unspecified atom stereocenters. The lowest BCUT2D eigenvalue weighted by Gasteiger charge is -2.47. The fourth-order valence-electron chi connectivity index (χ4n) is 3.96. The molecule has 2 atom stereocenters. The number of aliphatic imine (C=N–C) groups is 1. The number of nitrogens with zero attached hydrogens (tertiary/aromatic N) is 1. The highest BCUT2D eigenvalue weighted by atomic mass is 32.2. The molecule has 0 amide bonds. The van der Waals surface area contributed by atoms with Crippen molar-refractivity contribution >= 4 is 18.0 Å². The van der Waals surface area contributed by atoms with Crippen LogP contribution < -0.4 is 4.72 Å². The normalized spacial score (nSPS) is 22.1. The molecule has 1 aliphatic heterocycles. The Balaban J connectivity index is 1.61. The van der Waals surface area contributed by atoms with Crippen LogP contribution in [0.15, 0.2) is 89.9 Å². The van der Waals surface area contributed by atoms with Crippen LogP contribution in [0.1, 0.15) is 44.4 Å². The van der Waals surface area contributed by atoms with Crippen LogP contribution >= 0.6 is 11.9 Å². The fourth-order valence-corrected chi connectivity index (χ4v) is 4.88. The summed E-state index contributed by atoms with van der Waals surface area (Å²) in [4.78, 5) is 4.82. The maximum Gasteiger partial charge on any atom is 0.296 e. The van der Waals surface area contributed by atoms with Crippen molar-refractivity contribution in [3.8, 4) is 11.1 Å². The maximum atomic E-state index is 9.55. The molecule has 0 radical (unpaired) electrons. The van der Waals surface area contributed by atoms with Crippen LogP contribution in [0.3, 0.4) is 0 Å². The molecule has 1 fully saturated rings. The summed E-state index contributed by atoms with van der Waals surface area (Å²) in [7, 11) is 0. The quantitative estimate of drug-likeness (QED) is 0.450. The molecule has 32 heavy (non-hydrogen) atoms. The average molecular weight is 447 g/mol. The third kappa shape index (κ3) is 4.54. The topological polar surface area (TPSA) is 53.9 Å². The van der Waals surface area contributed by atoms with E-state index in [1.165, 1.54) is 16.7 Å². The predicted molar refractivity (Wildman–Crippen MR) is 133 cm³/mol. The van der Waals surface area contributed by atoms with Gasteiger partial charge in [-0.25, -0.2) is 4.99 Å². The minimum Gasteiger partial charge on any atom is -0.457 e. The zero-order chi connectivity index (χ0) is 22.6. The van der Waals surface area contributed by atoms with Crippen LogP contribution in [-0.4, -0.2) is 23.3 Å². The molecule has 0 spiro atoms. The minimum atomic E-state index is -0.516. The summed E-state index contributed by atoms with van der Waals surface area (Å²) in [5.74, 6) is 0. The summed E-state index contributed by atoms with van der Waals surface area (Å²) >= 11 is 1.62. The Bertz CT molecular complexity index is 1070. The molecule has 4 rings (SSSR count). The lowest BCUT2D eigenvalue weighted by molar-refractivity contribution is 0.0446. The number of ether oxygens (including phenoxy) is 1. The van der Waals surface area contributed by atoms with Crippen molar-refractivity contribution in [2.24, 2.45) is 4.99 Å². The Hall–Kier alpha value is -2.76. The second-order valence-corrected chi connectivity index (χ2v) is 9.89. The summed E-state index contributed by atoms with van der Waals surface area (Å²) in [5, 5.41) is 9.55. The van der Waals surface area contributed by atoms with Gasteiger partial charge in [0.2, 0.25) is 0 Å². The lowest BCUT2D eigenvalue weighted by atomic mass is 9.83. The Morgan fingerprint density at radius 1 is 0.906 bits per heavy atom. The molecule has 0 saturated carbocycles. The van der Waals surface area contributed by atoms with Gasteiger partial charge in [-0.3, -0.25) is 4.72 Å². The summed E-state index contributed by atoms with van der Waals surface area (Å²) in [6, 6.07) is 29.4. The highest BCUT2D eigenvalue weighted by Gasteiger charge is 2.50. The lowest BCUT2D eigenvalue weighted by Crippen LogP contribution is -2.54. The van der Waals surface area contributed by atoms with E-state index >= 15 is 0 Å². The molecule has 3 aromatic rings. The van der Waals surface area contributed by atoms with Crippen molar-refractivity contribution in [2.45, 2.75) is 43.6 Å². The van der Waals surface area contributed by atoms with E-state index in [1.807, 2.05) is 36.4 Å². The molecule has 0 aromatic heterocycles. The van der Waals surface area contributed by atoms with Crippen LogP contribution in [0.4, 0.5) is 0 Å². The zero-order valence-electron chi connectivity index (χ0n) is 18.8. The van der Waals surface area contributed by atoms with Crippen LogP contribution in [0.5, 0.6) is 0 Å². The molecular weight excluding hydrogens is 416 g/mol. The van der Waals surface area contributed by atoms with Crippen molar-refractivity contribution in [1.29, 1.82) is 0 Å². The highest BCUT2D eigenvalue weighted by molar-refractivity contribution is 7.99. The molecule has 3 aromatic carbocycles. The number of aliphatic hydroxyl groups excluding tert-OH is 1. The van der Waals surface area contributed by atoms with E-state index in [9.17, 15) is 5.11 Å². The van der Waals surface area contributed by atoms with E-state index in [2.05, 4.69) is 74.0 Å². The number of hydrogen-bond acceptors (Lipinski definition) is 4. The van der Waals surface area contributed by atoms with Crippen molar-refractivity contribution in [3.05, 3.63) is 96.1 Å². The number of hydrogen-bond donors (Lipinski definition) is 2. The Morgan fingerprint density at radius 3 is 2.22 bits per heavy atom. The van der Waals surface area contributed by atoms with Crippen molar-refractivity contribution in [1.82, 2.24) is 4.72 Å². The SMILES string of the molecule is CC1(C)OC(=N[C@@H](CCO)c2ccccc2)NSC1(C)c1cccc(-c2ccccc2)c1. The van der Waals surface area contributed by atoms with E-state index in [0.717, 1.165) is 5.56 Å². The molecule has 4 nitrogen and oxygen atoms in total. The first-order valence-corrected chi connectivity index (χ1v) is 11.8. The van der Waals surface area contributed by atoms with Gasteiger partial charge >= 0.3 is 0 Å². The largest absolute Gasteiger partial charge is 0.457 e. The Morgan fingerprint density at radius 2 is 1.56 bits per heavy atom. The first kappa shape index (κ1) is 22.4. The van der Waals surface area contributed by atoms with Gasteiger partial charge in [-0.1, -0.05) is 78.9 Å². The van der Waals surface area contributed by atoms with Crippen LogP contribution in [0.2, 0.25) is 0 Å². The zero-order valence-corrected chi connectivity index (χ0v) is 19.6. The molecule has 1 heterocycles. The number of rotatable bonds is 6. The smallest absolute Gasteiger partial charge is 0.296 e. The second-order valence-electron chi connectivity index (χ2n) is 8.67. The molecule has 0 bridgehead atoms. The van der Waals surface area contributed by atoms with E-state index in [-0.39, 0.29) is 17.4 Å². The average Bonchev–Trinajstić information content (AvgIpc) is 2.82. The summed E-state index contributed by atoms with van der Waals surface area (Å²) in [6.07, 6.45) is 0.542. The molecule has 2 N–H and O–H groups in total. The third-order valence-corrected chi connectivity index (χ3v) is 7.64. The van der Waals surface area contributed by atoms with E-state index in [1.54, 1.807) is 11.9 Å². The molecule has 5 heteroatoms. The van der Waals surface area contributed by atoms with Gasteiger partial charge in [-0.2, -0.15) is 0 Å². The minimum absolute atomic E-state index is 0.0663. The monoisotopic (exact) mass is 446 g/mol. The summed E-state index contributed by atoms with van der Waals surface area (Å²) in [6.45, 7) is 6.48. The van der Waals surface area contributed by atoms with Gasteiger partial charge in [0.25, 0.3) is 6.02 Å². The van der Waals surface area contributed by atoms with E-state index < -0.39 is 5.60 Å². The summed E-state index contributed by atoms with van der Waals surface area (Å²) < 4.78 is 9.43. The van der Waals surface area contributed by atoms with Gasteiger partial charge in [0.1, 0.15) is 5.60 Å². The standard InChI is InChI=1S/C27H30N2O2S/c1-26(2)27(3,23-16-10-15-22(19-23)20-11-6-4-7-12-20)32-29-25(31-26)28-24(17-18-30)21-13-8-5-9-14-21/h4-16,19,24,30H,17-18H2,1-3H3,(H,28,29)/t24-,27?/m0/s1. The molecule has 166 valence electrons. The van der Waals surface area contributed by atoms with Gasteiger partial charge in [0.05, 0.1) is 10.8 Å². The van der Waals surface area contributed by atoms with Crippen molar-refractivity contribution < 1.29 is 9.84 Å². The summed E-state index contributed by atoms with van der Waals surface area (Å²) in [5.41, 5.74) is 4.12. The van der Waals surface area contributed by atoms with E-state index in [0.29, 0.717) is 12.4 Å². The van der Waals surface area contributed by atoms with Gasteiger partial charge < -0.3 is 9.84 Å². The molecular formula is C27H30N2O2S. The fraction of sp³-hybridized carbons (Fsp3) is 0.296. The molecule has 0 aliphatic carbocycles. The van der Waals surface area contributed by atoms with Crippen LogP contribution in [-0.2, 0) is 9.48 Å². The second kappa shape index (κ2) is 9.39. The highest BCUT2D eigenvalue weighted by Crippen LogP contribution is 2.49. The van der Waals surface area contributed by atoms with Gasteiger partial charge in [-0.05, 0) is 67.5 Å². The van der Waals surface area contributed by atoms with Crippen molar-refractivity contribution in [2.75, 3.05) is 6.61 Å². The third-order valence-electron chi connectivity index (χ3n) is 6.22. The van der Waals surface area contributed by atoms with Gasteiger partial charge in [0, 0.05) is 6.61 Å². The predicted octanol–water partition coefficient (Wildman–Crippen LogP) is 6.10. The van der Waals surface area contributed by atoms with Crippen LogP contribution in [0.25, 0.3) is 11.1 Å².